The summed E-state index contributed by atoms with van der Waals surface area (Å²) in [6.07, 6.45) is -4.43. The van der Waals surface area contributed by atoms with E-state index >= 15 is 0 Å². The third-order valence-electron chi connectivity index (χ3n) is 2.35. The standard InChI is InChI=1S/C7H12O7S/c1-15(10,11)14-6-3-2-12-7(13-3)5(9)4(6)8/h3-9H,2H2,1H3/t3-,4-,5-,6+,7-/m1/s1. The molecule has 7 nitrogen and oxygen atoms in total. The first-order chi connectivity index (χ1) is 6.88. The Bertz CT molecular complexity index is 339. The van der Waals surface area contributed by atoms with Gasteiger partial charge in [0.15, 0.2) is 6.29 Å². The third-order valence-corrected chi connectivity index (χ3v) is 2.92. The van der Waals surface area contributed by atoms with Gasteiger partial charge in [0.1, 0.15) is 24.4 Å². The minimum absolute atomic E-state index is 0.0962. The van der Waals surface area contributed by atoms with Gasteiger partial charge in [-0.2, -0.15) is 8.42 Å². The van der Waals surface area contributed by atoms with Crippen LogP contribution in [0.4, 0.5) is 0 Å². The number of aliphatic hydroxyl groups is 2. The first-order valence-electron chi connectivity index (χ1n) is 4.40. The molecule has 2 aliphatic rings. The molecule has 0 amide bonds. The van der Waals surface area contributed by atoms with Crippen molar-refractivity contribution in [1.82, 2.24) is 0 Å². The molecular formula is C7H12O7S. The Labute approximate surface area is 86.7 Å². The van der Waals surface area contributed by atoms with Gasteiger partial charge in [0.25, 0.3) is 10.1 Å². The highest BCUT2D eigenvalue weighted by Crippen LogP contribution is 2.30. The lowest BCUT2D eigenvalue weighted by atomic mass is 10.0. The van der Waals surface area contributed by atoms with Crippen LogP contribution in [-0.2, 0) is 23.8 Å². The number of rotatable bonds is 2. The highest BCUT2D eigenvalue weighted by atomic mass is 32.2. The molecule has 0 aromatic carbocycles. The van der Waals surface area contributed by atoms with Gasteiger partial charge in [0.05, 0.1) is 12.9 Å². The largest absolute Gasteiger partial charge is 0.387 e. The van der Waals surface area contributed by atoms with Crippen molar-refractivity contribution >= 4 is 10.1 Å². The van der Waals surface area contributed by atoms with Crippen LogP contribution >= 0.6 is 0 Å². The number of hydrogen-bond acceptors (Lipinski definition) is 7. The van der Waals surface area contributed by atoms with Gasteiger partial charge in [-0.3, -0.25) is 4.18 Å². The minimum atomic E-state index is -3.71. The molecule has 2 aliphatic heterocycles. The van der Waals surface area contributed by atoms with Crippen molar-refractivity contribution < 1.29 is 32.3 Å². The maximum absolute atomic E-state index is 10.9. The van der Waals surface area contributed by atoms with E-state index in [0.29, 0.717) is 0 Å². The van der Waals surface area contributed by atoms with Gasteiger partial charge in [-0.05, 0) is 0 Å². The Morgan fingerprint density at radius 1 is 1.33 bits per heavy atom. The molecule has 15 heavy (non-hydrogen) atoms. The van der Waals surface area contributed by atoms with Crippen molar-refractivity contribution in [2.75, 3.05) is 12.9 Å². The molecule has 2 rings (SSSR count). The summed E-state index contributed by atoms with van der Waals surface area (Å²) in [7, 11) is -3.71. The summed E-state index contributed by atoms with van der Waals surface area (Å²) in [6.45, 7) is 0.0962. The van der Waals surface area contributed by atoms with E-state index in [0.717, 1.165) is 6.26 Å². The highest BCUT2D eigenvalue weighted by Gasteiger charge is 2.51. The van der Waals surface area contributed by atoms with Crippen LogP contribution in [0.2, 0.25) is 0 Å². The quantitative estimate of drug-likeness (QED) is 0.528. The molecule has 0 aromatic rings. The fraction of sp³-hybridized carbons (Fsp3) is 1.00. The van der Waals surface area contributed by atoms with E-state index in [-0.39, 0.29) is 6.61 Å². The van der Waals surface area contributed by atoms with Crippen LogP contribution < -0.4 is 0 Å². The molecule has 0 aromatic heterocycles. The van der Waals surface area contributed by atoms with Gasteiger partial charge < -0.3 is 19.7 Å². The lowest BCUT2D eigenvalue weighted by Crippen LogP contribution is -2.55. The molecule has 88 valence electrons. The Morgan fingerprint density at radius 2 is 2.00 bits per heavy atom. The molecule has 2 heterocycles. The number of fused-ring (bicyclic) bond motifs is 2. The molecule has 0 spiro atoms. The van der Waals surface area contributed by atoms with Crippen molar-refractivity contribution in [1.29, 1.82) is 0 Å². The number of aliphatic hydroxyl groups excluding tert-OH is 2. The van der Waals surface area contributed by atoms with Crippen molar-refractivity contribution in [3.05, 3.63) is 0 Å². The Hall–Kier alpha value is -0.250. The topological polar surface area (TPSA) is 102 Å². The molecule has 0 saturated carbocycles. The fourth-order valence-corrected chi connectivity index (χ4v) is 2.33. The summed E-state index contributed by atoms with van der Waals surface area (Å²) in [5.41, 5.74) is 0. The second kappa shape index (κ2) is 3.65. The average molecular weight is 240 g/mol. The summed E-state index contributed by atoms with van der Waals surface area (Å²) < 4.78 is 36.6. The van der Waals surface area contributed by atoms with E-state index in [1.54, 1.807) is 0 Å². The monoisotopic (exact) mass is 240 g/mol. The molecule has 8 heteroatoms. The van der Waals surface area contributed by atoms with Gasteiger partial charge in [0.2, 0.25) is 0 Å². The predicted octanol–water partition coefficient (Wildman–Crippen LogP) is -2.19. The number of hydrogen-bond donors (Lipinski definition) is 2. The van der Waals surface area contributed by atoms with Gasteiger partial charge in [-0.25, -0.2) is 0 Å². The molecule has 0 aliphatic carbocycles. The van der Waals surface area contributed by atoms with E-state index in [1.165, 1.54) is 0 Å². The van der Waals surface area contributed by atoms with Crippen molar-refractivity contribution in [3.8, 4) is 0 Å². The van der Waals surface area contributed by atoms with Crippen LogP contribution in [0.25, 0.3) is 0 Å². The van der Waals surface area contributed by atoms with Crippen molar-refractivity contribution in [2.45, 2.75) is 30.7 Å². The molecule has 0 radical (unpaired) electrons. The van der Waals surface area contributed by atoms with Crippen LogP contribution in [0.3, 0.4) is 0 Å². The zero-order valence-electron chi connectivity index (χ0n) is 7.94. The Balaban J connectivity index is 2.16. The third kappa shape index (κ3) is 2.14. The molecule has 2 bridgehead atoms. The summed E-state index contributed by atoms with van der Waals surface area (Å²) in [5.74, 6) is 0. The normalized spacial score (nSPS) is 45.7. The minimum Gasteiger partial charge on any atom is -0.387 e. The maximum Gasteiger partial charge on any atom is 0.264 e. The molecule has 2 fully saturated rings. The first kappa shape index (κ1) is 11.2. The van der Waals surface area contributed by atoms with E-state index in [9.17, 15) is 18.6 Å². The molecular weight excluding hydrogens is 228 g/mol. The second-order valence-electron chi connectivity index (χ2n) is 3.62. The van der Waals surface area contributed by atoms with E-state index in [4.69, 9.17) is 9.47 Å². The zero-order valence-corrected chi connectivity index (χ0v) is 8.75. The van der Waals surface area contributed by atoms with Gasteiger partial charge in [-0.1, -0.05) is 0 Å². The maximum atomic E-state index is 10.9. The second-order valence-corrected chi connectivity index (χ2v) is 5.22. The average Bonchev–Trinajstić information content (AvgIpc) is 2.54. The lowest BCUT2D eigenvalue weighted by molar-refractivity contribution is -0.222. The molecule has 2 N–H and O–H groups in total. The van der Waals surface area contributed by atoms with Crippen molar-refractivity contribution in [3.63, 3.8) is 0 Å². The van der Waals surface area contributed by atoms with Crippen LogP contribution in [0.15, 0.2) is 0 Å². The van der Waals surface area contributed by atoms with E-state index in [1.807, 2.05) is 0 Å². The van der Waals surface area contributed by atoms with E-state index < -0.39 is 40.8 Å². The summed E-state index contributed by atoms with van der Waals surface area (Å²) in [6, 6.07) is 0. The number of ether oxygens (including phenoxy) is 2. The van der Waals surface area contributed by atoms with Gasteiger partial charge in [0, 0.05) is 0 Å². The summed E-state index contributed by atoms with van der Waals surface area (Å²) >= 11 is 0. The van der Waals surface area contributed by atoms with Gasteiger partial charge >= 0.3 is 0 Å². The SMILES string of the molecule is CS(=O)(=O)O[C@@H]1[C@H](O)[C@@H](O)[C@@H]2OC[C@H]1O2. The predicted molar refractivity (Wildman–Crippen MR) is 46.3 cm³/mol. The van der Waals surface area contributed by atoms with Crippen LogP contribution in [0.1, 0.15) is 0 Å². The van der Waals surface area contributed by atoms with Crippen LogP contribution in [0.5, 0.6) is 0 Å². The van der Waals surface area contributed by atoms with Crippen molar-refractivity contribution in [2.24, 2.45) is 0 Å². The summed E-state index contributed by atoms with van der Waals surface area (Å²) in [4.78, 5) is 0. The Morgan fingerprint density at radius 3 is 2.60 bits per heavy atom. The highest BCUT2D eigenvalue weighted by molar-refractivity contribution is 7.86. The van der Waals surface area contributed by atoms with E-state index in [2.05, 4.69) is 4.18 Å². The molecule has 0 unspecified atom stereocenters. The fourth-order valence-electron chi connectivity index (χ4n) is 1.69. The smallest absolute Gasteiger partial charge is 0.264 e. The summed E-state index contributed by atoms with van der Waals surface area (Å²) in [5, 5.41) is 19.0. The Kier molecular flexibility index (Phi) is 2.73. The van der Waals surface area contributed by atoms with Gasteiger partial charge in [-0.15, -0.1) is 0 Å². The molecule has 2 saturated heterocycles. The molecule has 5 atom stereocenters. The first-order valence-corrected chi connectivity index (χ1v) is 6.21. The van der Waals surface area contributed by atoms with Crippen LogP contribution in [0, 0.1) is 0 Å². The van der Waals surface area contributed by atoms with Crippen LogP contribution in [-0.4, -0.2) is 62.2 Å². The zero-order chi connectivity index (χ0) is 11.2. The lowest BCUT2D eigenvalue weighted by Gasteiger charge is -2.34.